The first kappa shape index (κ1) is 16.7. The second-order valence-corrected chi connectivity index (χ2v) is 7.25. The van der Waals surface area contributed by atoms with Crippen LogP contribution < -0.4 is 5.32 Å². The first-order valence-electron chi connectivity index (χ1n) is 7.36. The molecule has 1 spiro atoms. The average Bonchev–Trinajstić information content (AvgIpc) is 3.14. The molecule has 1 aromatic heterocycles. The van der Waals surface area contributed by atoms with Gasteiger partial charge in [-0.3, -0.25) is 9.69 Å². The van der Waals surface area contributed by atoms with Gasteiger partial charge >= 0.3 is 0 Å². The molecule has 2 saturated heterocycles. The molecule has 0 aliphatic carbocycles. The third-order valence-corrected chi connectivity index (χ3v) is 5.47. The van der Waals surface area contributed by atoms with E-state index in [0.29, 0.717) is 12.0 Å². The zero-order valence-corrected chi connectivity index (χ0v) is 14.1. The Kier molecular flexibility index (Phi) is 5.66. The fraction of sp³-hybridized carbons (Fsp3) is 0.667. The van der Waals surface area contributed by atoms with E-state index in [9.17, 15) is 4.79 Å². The molecule has 1 aromatic rings. The van der Waals surface area contributed by atoms with Crippen molar-refractivity contribution in [3.05, 3.63) is 22.4 Å². The first-order valence-corrected chi connectivity index (χ1v) is 8.24. The van der Waals surface area contributed by atoms with Crippen molar-refractivity contribution < 1.29 is 4.79 Å². The topological polar surface area (TPSA) is 35.6 Å². The second kappa shape index (κ2) is 7.09. The average molecular weight is 330 g/mol. The molecule has 0 saturated carbocycles. The summed E-state index contributed by atoms with van der Waals surface area (Å²) in [6.07, 6.45) is 2.50. The van der Waals surface area contributed by atoms with Gasteiger partial charge in [0, 0.05) is 25.0 Å². The normalized spacial score (nSPS) is 25.2. The van der Waals surface area contributed by atoms with Crippen LogP contribution in [0, 0.1) is 5.41 Å². The van der Waals surface area contributed by atoms with Gasteiger partial charge in [0.15, 0.2) is 0 Å². The summed E-state index contributed by atoms with van der Waals surface area (Å²) in [4.78, 5) is 17.7. The Balaban J connectivity index is 0.00000161. The Morgan fingerprint density at radius 1 is 1.52 bits per heavy atom. The van der Waals surface area contributed by atoms with Crippen molar-refractivity contribution in [3.8, 4) is 0 Å². The van der Waals surface area contributed by atoms with Crippen LogP contribution in [0.1, 0.15) is 17.7 Å². The SMILES string of the molecule is CN(Cc1cccs1)C(=O)CN1CCC2(CCNC2)C1.Cl. The van der Waals surface area contributed by atoms with Crippen molar-refractivity contribution in [2.75, 3.05) is 39.8 Å². The molecule has 118 valence electrons. The van der Waals surface area contributed by atoms with E-state index in [2.05, 4.69) is 21.7 Å². The molecule has 0 radical (unpaired) electrons. The number of likely N-dealkylation sites (N-methyl/N-ethyl adjacent to an activating group) is 1. The Bertz CT molecular complexity index is 459. The highest BCUT2D eigenvalue weighted by Gasteiger charge is 2.40. The highest BCUT2D eigenvalue weighted by Crippen LogP contribution is 2.35. The molecule has 0 bridgehead atoms. The standard InChI is InChI=1S/C15H23N3OS.ClH/c1-17(9-13-3-2-8-20-13)14(19)10-18-7-5-15(12-18)4-6-16-11-15;/h2-3,8,16H,4-7,9-12H2,1H3;1H. The monoisotopic (exact) mass is 329 g/mol. The van der Waals surface area contributed by atoms with E-state index in [-0.39, 0.29) is 18.3 Å². The van der Waals surface area contributed by atoms with Crippen molar-refractivity contribution in [1.82, 2.24) is 15.1 Å². The van der Waals surface area contributed by atoms with E-state index in [0.717, 1.165) is 32.7 Å². The Morgan fingerprint density at radius 3 is 3.05 bits per heavy atom. The predicted molar refractivity (Wildman–Crippen MR) is 89.0 cm³/mol. The van der Waals surface area contributed by atoms with Crippen molar-refractivity contribution in [2.45, 2.75) is 19.4 Å². The summed E-state index contributed by atoms with van der Waals surface area (Å²) in [6.45, 7) is 5.72. The molecule has 2 aliphatic rings. The lowest BCUT2D eigenvalue weighted by Gasteiger charge is -2.24. The number of amides is 1. The molecule has 2 aliphatic heterocycles. The fourth-order valence-electron chi connectivity index (χ4n) is 3.34. The summed E-state index contributed by atoms with van der Waals surface area (Å²) in [5.74, 6) is 0.237. The van der Waals surface area contributed by atoms with Crippen LogP contribution in [0.5, 0.6) is 0 Å². The van der Waals surface area contributed by atoms with Gasteiger partial charge in [0.1, 0.15) is 0 Å². The molecule has 3 heterocycles. The maximum Gasteiger partial charge on any atom is 0.236 e. The smallest absolute Gasteiger partial charge is 0.236 e. The quantitative estimate of drug-likeness (QED) is 0.915. The van der Waals surface area contributed by atoms with Crippen LogP contribution in [0.25, 0.3) is 0 Å². The van der Waals surface area contributed by atoms with Crippen LogP contribution in [-0.2, 0) is 11.3 Å². The molecule has 1 atom stereocenters. The number of hydrogen-bond donors (Lipinski definition) is 1. The summed E-state index contributed by atoms with van der Waals surface area (Å²) in [5.41, 5.74) is 0.451. The lowest BCUT2D eigenvalue weighted by atomic mass is 9.87. The molecule has 6 heteroatoms. The van der Waals surface area contributed by atoms with Gasteiger partial charge in [-0.1, -0.05) is 6.07 Å². The number of nitrogens with one attached hydrogen (secondary N) is 1. The first-order chi connectivity index (χ1) is 9.67. The number of carbonyl (C=O) groups is 1. The number of nitrogens with zero attached hydrogens (tertiary/aromatic N) is 2. The van der Waals surface area contributed by atoms with Crippen LogP contribution >= 0.6 is 23.7 Å². The van der Waals surface area contributed by atoms with Crippen LogP contribution in [0.4, 0.5) is 0 Å². The Morgan fingerprint density at radius 2 is 2.38 bits per heavy atom. The van der Waals surface area contributed by atoms with Gasteiger partial charge in [-0.15, -0.1) is 23.7 Å². The van der Waals surface area contributed by atoms with E-state index in [1.165, 1.54) is 17.7 Å². The van der Waals surface area contributed by atoms with E-state index in [1.807, 2.05) is 18.0 Å². The van der Waals surface area contributed by atoms with E-state index < -0.39 is 0 Å². The lowest BCUT2D eigenvalue weighted by Crippen LogP contribution is -2.38. The zero-order chi connectivity index (χ0) is 14.0. The lowest BCUT2D eigenvalue weighted by molar-refractivity contribution is -0.131. The molecule has 0 aromatic carbocycles. The minimum Gasteiger partial charge on any atom is -0.340 e. The van der Waals surface area contributed by atoms with Gasteiger partial charge in [-0.2, -0.15) is 0 Å². The third kappa shape index (κ3) is 3.97. The largest absolute Gasteiger partial charge is 0.340 e. The minimum absolute atomic E-state index is 0. The summed E-state index contributed by atoms with van der Waals surface area (Å²) in [5, 5.41) is 5.52. The molecule has 21 heavy (non-hydrogen) atoms. The number of thiophene rings is 1. The predicted octanol–water partition coefficient (Wildman–Crippen LogP) is 1.81. The highest BCUT2D eigenvalue weighted by molar-refractivity contribution is 7.09. The molecule has 1 unspecified atom stereocenters. The number of rotatable bonds is 4. The minimum atomic E-state index is 0. The van der Waals surface area contributed by atoms with Gasteiger partial charge in [0.25, 0.3) is 0 Å². The van der Waals surface area contributed by atoms with Gasteiger partial charge in [-0.25, -0.2) is 0 Å². The Hall–Kier alpha value is -0.620. The van der Waals surface area contributed by atoms with Crippen LogP contribution in [0.3, 0.4) is 0 Å². The van der Waals surface area contributed by atoms with Crippen molar-refractivity contribution in [1.29, 1.82) is 0 Å². The third-order valence-electron chi connectivity index (χ3n) is 4.61. The fourth-order valence-corrected chi connectivity index (χ4v) is 4.10. The molecule has 4 nitrogen and oxygen atoms in total. The maximum atomic E-state index is 12.3. The number of halogens is 1. The number of carbonyl (C=O) groups excluding carboxylic acids is 1. The van der Waals surface area contributed by atoms with E-state index >= 15 is 0 Å². The van der Waals surface area contributed by atoms with Gasteiger partial charge in [0.05, 0.1) is 13.1 Å². The zero-order valence-electron chi connectivity index (χ0n) is 12.5. The van der Waals surface area contributed by atoms with Crippen molar-refractivity contribution in [3.63, 3.8) is 0 Å². The molecule has 2 fully saturated rings. The maximum absolute atomic E-state index is 12.3. The summed E-state index contributed by atoms with van der Waals surface area (Å²) in [7, 11) is 1.91. The molecule has 3 rings (SSSR count). The number of likely N-dealkylation sites (tertiary alicyclic amines) is 1. The summed E-state index contributed by atoms with van der Waals surface area (Å²) < 4.78 is 0. The summed E-state index contributed by atoms with van der Waals surface area (Å²) in [6, 6.07) is 4.12. The van der Waals surface area contributed by atoms with Crippen LogP contribution in [-0.4, -0.2) is 55.5 Å². The molecule has 1 N–H and O–H groups in total. The van der Waals surface area contributed by atoms with Crippen molar-refractivity contribution in [2.24, 2.45) is 5.41 Å². The van der Waals surface area contributed by atoms with E-state index in [1.54, 1.807) is 11.3 Å². The van der Waals surface area contributed by atoms with Crippen LogP contribution in [0.2, 0.25) is 0 Å². The van der Waals surface area contributed by atoms with Gasteiger partial charge < -0.3 is 10.2 Å². The van der Waals surface area contributed by atoms with Crippen LogP contribution in [0.15, 0.2) is 17.5 Å². The van der Waals surface area contributed by atoms with Crippen molar-refractivity contribution >= 4 is 29.7 Å². The molecule has 1 amide bonds. The molecular weight excluding hydrogens is 306 g/mol. The van der Waals surface area contributed by atoms with Gasteiger partial charge in [-0.05, 0) is 42.8 Å². The highest BCUT2D eigenvalue weighted by atomic mass is 35.5. The molecular formula is C15H24ClN3OS. The summed E-state index contributed by atoms with van der Waals surface area (Å²) >= 11 is 1.71. The number of hydrogen-bond acceptors (Lipinski definition) is 4. The van der Waals surface area contributed by atoms with E-state index in [4.69, 9.17) is 0 Å². The van der Waals surface area contributed by atoms with Gasteiger partial charge in [0.2, 0.25) is 5.91 Å². The second-order valence-electron chi connectivity index (χ2n) is 6.22. The Labute approximate surface area is 136 Å².